The number of aliphatic hydroxyl groups excluding tert-OH is 2. The van der Waals surface area contributed by atoms with Crippen LogP contribution in [0.15, 0.2) is 17.1 Å². The van der Waals surface area contributed by atoms with Gasteiger partial charge in [0, 0.05) is 6.20 Å². The first kappa shape index (κ1) is 14.8. The average Bonchev–Trinajstić information content (AvgIpc) is 2.64. The molecular weight excluding hydrogens is 276 g/mol. The minimum absolute atomic E-state index is 0.0625. The Bertz CT molecular complexity index is 553. The number of rotatable bonds is 3. The zero-order chi connectivity index (χ0) is 15.1. The number of nitrogens with two attached hydrogens (primary N) is 1. The van der Waals surface area contributed by atoms with Crippen molar-refractivity contribution in [2.75, 3.05) is 12.3 Å². The van der Waals surface area contributed by atoms with Crippen molar-refractivity contribution in [1.29, 1.82) is 0 Å². The molecule has 1 aromatic heterocycles. The highest BCUT2D eigenvalue weighted by molar-refractivity contribution is 5.23. The smallest absolute Gasteiger partial charge is 0.351 e. The van der Waals surface area contributed by atoms with Crippen LogP contribution in [0.2, 0.25) is 0 Å². The monoisotopic (exact) mass is 291 g/mol. The van der Waals surface area contributed by atoms with Gasteiger partial charge >= 0.3 is 5.69 Å². The fourth-order valence-corrected chi connectivity index (χ4v) is 2.20. The van der Waals surface area contributed by atoms with Crippen LogP contribution in [0.3, 0.4) is 0 Å². The second kappa shape index (κ2) is 5.08. The lowest BCUT2D eigenvalue weighted by molar-refractivity contribution is -0.161. The number of nitrogen functional groups attached to an aromatic ring is 1. The van der Waals surface area contributed by atoms with Gasteiger partial charge in [-0.3, -0.25) is 4.57 Å². The van der Waals surface area contributed by atoms with Crippen LogP contribution in [-0.2, 0) is 4.74 Å². The van der Waals surface area contributed by atoms with Crippen molar-refractivity contribution in [2.45, 2.75) is 37.2 Å². The average molecular weight is 291 g/mol. The van der Waals surface area contributed by atoms with Gasteiger partial charge in [-0.15, -0.1) is 0 Å². The molecule has 7 nitrogen and oxygen atoms in total. The number of hydrogen-bond donors (Lipinski definition) is 3. The van der Waals surface area contributed by atoms with Gasteiger partial charge in [-0.05, 0) is 13.0 Å². The topological polar surface area (TPSA) is 111 Å². The Morgan fingerprint density at radius 3 is 2.80 bits per heavy atom. The van der Waals surface area contributed by atoms with Crippen LogP contribution in [0.1, 0.15) is 13.2 Å². The Morgan fingerprint density at radius 1 is 1.70 bits per heavy atom. The van der Waals surface area contributed by atoms with Crippen molar-refractivity contribution in [3.8, 4) is 0 Å². The summed E-state index contributed by atoms with van der Waals surface area (Å²) >= 11 is 0. The summed E-state index contributed by atoms with van der Waals surface area (Å²) in [5.74, 6) is -0.0625. The molecule has 0 aromatic carbocycles. The second-order valence-corrected chi connectivity index (χ2v) is 4.67. The summed E-state index contributed by atoms with van der Waals surface area (Å²) < 4.78 is 33.6. The second-order valence-electron chi connectivity index (χ2n) is 4.67. The van der Waals surface area contributed by atoms with Gasteiger partial charge < -0.3 is 20.7 Å². The summed E-state index contributed by atoms with van der Waals surface area (Å²) in [7, 11) is 0. The van der Waals surface area contributed by atoms with Crippen LogP contribution in [0, 0.1) is 0 Å². The Hall–Kier alpha value is -1.58. The van der Waals surface area contributed by atoms with E-state index in [1.165, 1.54) is 6.07 Å². The van der Waals surface area contributed by atoms with Gasteiger partial charge in [-0.1, -0.05) is 0 Å². The molecule has 2 rings (SSSR count). The predicted octanol–water partition coefficient (Wildman–Crippen LogP) is -0.858. The maximum Gasteiger partial charge on any atom is 0.351 e. The number of halogens is 2. The van der Waals surface area contributed by atoms with Gasteiger partial charge in [-0.25, -0.2) is 13.6 Å². The number of ether oxygens (including phenoxy) is 1. The fraction of sp³-hybridized carbons (Fsp3) is 0.636. The summed E-state index contributed by atoms with van der Waals surface area (Å²) in [6.07, 6.45) is -6.31. The van der Waals surface area contributed by atoms with E-state index in [9.17, 15) is 23.8 Å². The van der Waals surface area contributed by atoms with E-state index in [1.807, 2.05) is 0 Å². The molecule has 2 heterocycles. The molecule has 0 radical (unpaired) electrons. The van der Waals surface area contributed by atoms with Crippen LogP contribution in [0.25, 0.3) is 0 Å². The van der Waals surface area contributed by atoms with E-state index in [-0.39, 0.29) is 5.82 Å². The van der Waals surface area contributed by atoms with E-state index in [1.54, 1.807) is 0 Å². The largest absolute Gasteiger partial charge is 0.393 e. The number of aliphatic hydroxyl groups is 2. The van der Waals surface area contributed by atoms with Gasteiger partial charge in [0.05, 0.1) is 6.61 Å². The molecule has 0 bridgehead atoms. The first-order valence-electron chi connectivity index (χ1n) is 5.93. The molecule has 1 aromatic rings. The van der Waals surface area contributed by atoms with Crippen molar-refractivity contribution in [3.05, 3.63) is 22.7 Å². The molecule has 1 fully saturated rings. The van der Waals surface area contributed by atoms with Gasteiger partial charge in [0.15, 0.2) is 18.0 Å². The summed E-state index contributed by atoms with van der Waals surface area (Å²) in [4.78, 5) is 15.0. The number of hydrogen-bond acceptors (Lipinski definition) is 6. The molecule has 0 amide bonds. The van der Waals surface area contributed by atoms with Gasteiger partial charge in [0.25, 0.3) is 0 Å². The van der Waals surface area contributed by atoms with Crippen LogP contribution in [0.5, 0.6) is 0 Å². The van der Waals surface area contributed by atoms with Gasteiger partial charge in [-0.2, -0.15) is 4.98 Å². The lowest BCUT2D eigenvalue weighted by Gasteiger charge is -2.30. The van der Waals surface area contributed by atoms with E-state index in [4.69, 9.17) is 10.5 Å². The van der Waals surface area contributed by atoms with E-state index in [2.05, 4.69) is 4.98 Å². The summed E-state index contributed by atoms with van der Waals surface area (Å²) in [5.41, 5.74) is 2.29. The number of nitrogens with zero attached hydrogens (tertiary/aromatic N) is 2. The minimum atomic E-state index is -2.12. The van der Waals surface area contributed by atoms with Gasteiger partial charge in [0.1, 0.15) is 18.1 Å². The van der Waals surface area contributed by atoms with E-state index >= 15 is 0 Å². The minimum Gasteiger partial charge on any atom is -0.393 e. The standard InChI is InChI=1S/C11H15F2N3O4/c1-5(12)11(4-17)8(18)7(13)9(20-11)16-3-2-6(14)15-10(16)19/h2-3,5,7-9,17-18H,4H2,1H3,(H2,14,15,19)/t5-,7-,8+,9-,11+/m1/s1. The molecule has 5 atom stereocenters. The van der Waals surface area contributed by atoms with E-state index < -0.39 is 42.6 Å². The molecule has 20 heavy (non-hydrogen) atoms. The molecule has 112 valence electrons. The van der Waals surface area contributed by atoms with E-state index in [0.717, 1.165) is 17.7 Å². The molecule has 1 aliphatic rings. The fourth-order valence-electron chi connectivity index (χ4n) is 2.20. The summed E-state index contributed by atoms with van der Waals surface area (Å²) in [6.45, 7) is 0.0957. The van der Waals surface area contributed by atoms with Crippen molar-refractivity contribution in [2.24, 2.45) is 0 Å². The predicted molar refractivity (Wildman–Crippen MR) is 64.3 cm³/mol. The maximum atomic E-state index is 14.1. The van der Waals surface area contributed by atoms with E-state index in [0.29, 0.717) is 0 Å². The molecular formula is C11H15F2N3O4. The third-order valence-electron chi connectivity index (χ3n) is 3.46. The Labute approximate surface area is 112 Å². The third-order valence-corrected chi connectivity index (χ3v) is 3.46. The van der Waals surface area contributed by atoms with Crippen LogP contribution >= 0.6 is 0 Å². The Morgan fingerprint density at radius 2 is 2.35 bits per heavy atom. The molecule has 4 N–H and O–H groups in total. The molecule has 1 aliphatic heterocycles. The molecule has 9 heteroatoms. The van der Waals surface area contributed by atoms with Gasteiger partial charge in [0.2, 0.25) is 0 Å². The maximum absolute atomic E-state index is 14.1. The lowest BCUT2D eigenvalue weighted by Crippen LogP contribution is -2.52. The quantitative estimate of drug-likeness (QED) is 0.668. The summed E-state index contributed by atoms with van der Waals surface area (Å²) in [6, 6.07) is 1.24. The SMILES string of the molecule is C[C@@H](F)[C@]1(CO)O[C@@H](n2ccc(N)nc2=O)[C@H](F)[C@@H]1O. The first-order chi connectivity index (χ1) is 9.33. The normalized spacial score (nSPS) is 35.1. The highest BCUT2D eigenvalue weighted by Gasteiger charge is 2.59. The molecule has 1 saturated heterocycles. The van der Waals surface area contributed by atoms with Crippen molar-refractivity contribution in [3.63, 3.8) is 0 Å². The first-order valence-corrected chi connectivity index (χ1v) is 5.93. The Kier molecular flexibility index (Phi) is 3.76. The third kappa shape index (κ3) is 2.07. The van der Waals surface area contributed by atoms with Crippen LogP contribution in [0.4, 0.5) is 14.6 Å². The molecule has 0 saturated carbocycles. The lowest BCUT2D eigenvalue weighted by atomic mass is 9.92. The number of aromatic nitrogens is 2. The Balaban J connectivity index is 2.42. The summed E-state index contributed by atoms with van der Waals surface area (Å²) in [5, 5.41) is 19.0. The number of anilines is 1. The molecule has 0 spiro atoms. The van der Waals surface area contributed by atoms with Crippen LogP contribution in [-0.4, -0.2) is 50.4 Å². The van der Waals surface area contributed by atoms with Crippen molar-refractivity contribution < 1.29 is 23.7 Å². The number of alkyl halides is 2. The zero-order valence-electron chi connectivity index (χ0n) is 10.6. The highest BCUT2D eigenvalue weighted by atomic mass is 19.1. The molecule has 0 aliphatic carbocycles. The van der Waals surface area contributed by atoms with Crippen LogP contribution < -0.4 is 11.4 Å². The van der Waals surface area contributed by atoms with Crippen molar-refractivity contribution in [1.82, 2.24) is 9.55 Å². The zero-order valence-corrected chi connectivity index (χ0v) is 10.6. The molecule has 0 unspecified atom stereocenters. The highest BCUT2D eigenvalue weighted by Crippen LogP contribution is 2.41. The van der Waals surface area contributed by atoms with Crippen molar-refractivity contribution >= 4 is 5.82 Å².